The Hall–Kier alpha value is 0.280. The highest BCUT2D eigenvalue weighted by Crippen LogP contribution is 2.43. The zero-order valence-electron chi connectivity index (χ0n) is 6.85. The van der Waals surface area contributed by atoms with E-state index in [4.69, 9.17) is 33.0 Å². The van der Waals surface area contributed by atoms with Crippen LogP contribution in [0.1, 0.15) is 0 Å². The lowest BCUT2D eigenvalue weighted by Crippen LogP contribution is -1.93. The Kier molecular flexibility index (Phi) is 4.51. The largest absolute Gasteiger partial charge is 0.524 e. The van der Waals surface area contributed by atoms with Gasteiger partial charge in [0.05, 0.1) is 5.02 Å². The van der Waals surface area contributed by atoms with Crippen molar-refractivity contribution in [2.45, 2.75) is 0 Å². The van der Waals surface area contributed by atoms with Crippen LogP contribution in [0.15, 0.2) is 12.1 Å². The molecule has 0 aliphatic rings. The first-order valence-electron chi connectivity index (χ1n) is 3.35. The van der Waals surface area contributed by atoms with Crippen molar-refractivity contribution in [2.75, 3.05) is 0 Å². The van der Waals surface area contributed by atoms with Crippen LogP contribution in [0.4, 0.5) is 0 Å². The molecule has 1 rings (SSSR count). The molecule has 9 heteroatoms. The molecule has 1 aromatic carbocycles. The molecular weight excluding hydrogens is 381 g/mol. The summed E-state index contributed by atoms with van der Waals surface area (Å²) in [5.41, 5.74) is 0. The fourth-order valence-corrected chi connectivity index (χ4v) is 2.90. The molecule has 1 aromatic rings. The molecule has 0 unspecified atom stereocenters. The van der Waals surface area contributed by atoms with Gasteiger partial charge in [0, 0.05) is 11.1 Å². The fourth-order valence-electron chi connectivity index (χ4n) is 0.802. The summed E-state index contributed by atoms with van der Waals surface area (Å²) in [4.78, 5) is 17.2. The minimum absolute atomic E-state index is 0.0637. The minimum atomic E-state index is -4.71. The molecular formula is C6H4Cl2IO5P. The summed E-state index contributed by atoms with van der Waals surface area (Å²) in [6.07, 6.45) is 0. The molecule has 0 radical (unpaired) electrons. The lowest BCUT2D eigenvalue weighted by atomic mass is 10.3. The van der Waals surface area contributed by atoms with Crippen molar-refractivity contribution in [3.05, 3.63) is 25.7 Å². The molecule has 0 fully saturated rings. The van der Waals surface area contributed by atoms with Gasteiger partial charge < -0.3 is 4.52 Å². The van der Waals surface area contributed by atoms with Gasteiger partial charge in [-0.3, -0.25) is 12.9 Å². The second kappa shape index (κ2) is 5.07. The molecule has 0 aliphatic heterocycles. The molecule has 0 amide bonds. The van der Waals surface area contributed by atoms with Crippen molar-refractivity contribution in [3.8, 4) is 5.75 Å². The molecule has 2 N–H and O–H groups in total. The van der Waals surface area contributed by atoms with E-state index in [0.717, 1.165) is 6.07 Å². The van der Waals surface area contributed by atoms with Gasteiger partial charge in [-0.1, -0.05) is 23.2 Å². The average Bonchev–Trinajstić information content (AvgIpc) is 1.99. The van der Waals surface area contributed by atoms with E-state index in [-0.39, 0.29) is 19.4 Å². The minimum Gasteiger partial charge on any atom is -0.403 e. The quantitative estimate of drug-likeness (QED) is 0.475. The van der Waals surface area contributed by atoms with Crippen molar-refractivity contribution in [1.82, 2.24) is 0 Å². The smallest absolute Gasteiger partial charge is 0.403 e. The molecule has 84 valence electrons. The molecule has 0 saturated carbocycles. The maximum absolute atomic E-state index is 10.8. The fraction of sp³-hybridized carbons (Fsp3) is 0. The maximum Gasteiger partial charge on any atom is 0.524 e. The van der Waals surface area contributed by atoms with Crippen molar-refractivity contribution >= 4 is 52.2 Å². The first kappa shape index (κ1) is 13.3. The van der Waals surface area contributed by atoms with Crippen LogP contribution in [-0.2, 0) is 7.63 Å². The zero-order chi connectivity index (χ0) is 11.6. The van der Waals surface area contributed by atoms with Crippen molar-refractivity contribution in [2.24, 2.45) is 0 Å². The van der Waals surface area contributed by atoms with Gasteiger partial charge in [-0.15, -0.1) is 0 Å². The van der Waals surface area contributed by atoms with Gasteiger partial charge in [0.2, 0.25) is 0 Å². The predicted molar refractivity (Wildman–Crippen MR) is 62.5 cm³/mol. The Morgan fingerprint density at radius 2 is 1.93 bits per heavy atom. The Bertz CT molecular complexity index is 445. The number of phosphoric ester groups is 1. The highest BCUT2D eigenvalue weighted by Gasteiger charge is 2.20. The van der Waals surface area contributed by atoms with Crippen LogP contribution < -0.4 is 4.52 Å². The van der Waals surface area contributed by atoms with Crippen molar-refractivity contribution in [1.29, 1.82) is 0 Å². The zero-order valence-corrected chi connectivity index (χ0v) is 11.4. The summed E-state index contributed by atoms with van der Waals surface area (Å²) in [7, 11) is -4.71. The maximum atomic E-state index is 10.8. The van der Waals surface area contributed by atoms with Gasteiger partial charge in [0.15, 0.2) is 26.9 Å². The van der Waals surface area contributed by atoms with Crippen LogP contribution >= 0.6 is 52.2 Å². The van der Waals surface area contributed by atoms with E-state index in [1.807, 2.05) is 0 Å². The molecule has 0 atom stereocenters. The second-order valence-electron chi connectivity index (χ2n) is 2.36. The van der Waals surface area contributed by atoms with E-state index in [0.29, 0.717) is 0 Å². The lowest BCUT2D eigenvalue weighted by molar-refractivity contribution is 0.282. The van der Waals surface area contributed by atoms with Crippen LogP contribution in [-0.4, -0.2) is 9.79 Å². The van der Waals surface area contributed by atoms with E-state index in [1.165, 1.54) is 6.07 Å². The number of hydrogen-bond donors (Lipinski definition) is 2. The van der Waals surface area contributed by atoms with Crippen LogP contribution in [0.3, 0.4) is 0 Å². The second-order valence-corrected chi connectivity index (χ2v) is 5.89. The lowest BCUT2D eigenvalue weighted by Gasteiger charge is -2.09. The molecule has 5 nitrogen and oxygen atoms in total. The average molecular weight is 385 g/mol. The van der Waals surface area contributed by atoms with E-state index < -0.39 is 29.0 Å². The van der Waals surface area contributed by atoms with E-state index in [1.54, 1.807) is 0 Å². The van der Waals surface area contributed by atoms with Crippen LogP contribution in [0, 0.1) is 3.57 Å². The van der Waals surface area contributed by atoms with Gasteiger partial charge >= 0.3 is 7.82 Å². The molecule has 0 spiro atoms. The Balaban J connectivity index is 3.27. The molecule has 0 bridgehead atoms. The SMILES string of the molecule is O=Ic1c(Cl)cc(Cl)cc1OP(=O)(O)O. The van der Waals surface area contributed by atoms with E-state index in [2.05, 4.69) is 4.52 Å². The molecule has 0 aromatic heterocycles. The normalized spacial score (nSPS) is 11.5. The first-order valence-corrected chi connectivity index (χ1v) is 7.59. The Labute approximate surface area is 105 Å². The van der Waals surface area contributed by atoms with E-state index in [9.17, 15) is 7.63 Å². The molecule has 0 saturated heterocycles. The third kappa shape index (κ3) is 3.97. The number of rotatable bonds is 3. The molecule has 0 heterocycles. The van der Waals surface area contributed by atoms with Crippen LogP contribution in [0.2, 0.25) is 10.0 Å². The summed E-state index contributed by atoms with van der Waals surface area (Å²) >= 11 is 9.56. The Morgan fingerprint density at radius 3 is 2.40 bits per heavy atom. The molecule has 15 heavy (non-hydrogen) atoms. The monoisotopic (exact) mass is 384 g/mol. The van der Waals surface area contributed by atoms with Gasteiger partial charge in [-0.25, -0.2) is 4.57 Å². The third-order valence-corrected chi connectivity index (χ3v) is 4.08. The van der Waals surface area contributed by atoms with Gasteiger partial charge in [0.25, 0.3) is 0 Å². The van der Waals surface area contributed by atoms with Crippen molar-refractivity contribution < 1.29 is 21.9 Å². The number of benzene rings is 1. The summed E-state index contributed by atoms with van der Waals surface area (Å²) < 4.78 is 25.8. The first-order chi connectivity index (χ1) is 6.83. The summed E-state index contributed by atoms with van der Waals surface area (Å²) in [5.74, 6) is -0.247. The number of hydrogen-bond acceptors (Lipinski definition) is 3. The van der Waals surface area contributed by atoms with Gasteiger partial charge in [-0.2, -0.15) is 0 Å². The summed E-state index contributed by atoms with van der Waals surface area (Å²) in [6, 6.07) is 2.47. The summed E-state index contributed by atoms with van der Waals surface area (Å²) in [5, 5.41) is 0.207. The third-order valence-electron chi connectivity index (χ3n) is 1.25. The van der Waals surface area contributed by atoms with Crippen LogP contribution in [0.5, 0.6) is 5.75 Å². The van der Waals surface area contributed by atoms with E-state index >= 15 is 0 Å². The number of phosphoric acid groups is 1. The summed E-state index contributed by atoms with van der Waals surface area (Å²) in [6.45, 7) is 0. The van der Waals surface area contributed by atoms with Crippen molar-refractivity contribution in [3.63, 3.8) is 0 Å². The van der Waals surface area contributed by atoms with Gasteiger partial charge in [0.1, 0.15) is 3.57 Å². The van der Waals surface area contributed by atoms with Gasteiger partial charge in [-0.05, 0) is 6.07 Å². The molecule has 0 aliphatic carbocycles. The standard InChI is InChI=1S/C6H4Cl2IO5P/c7-3-1-4(8)6(9-10)5(2-3)14-15(11,12)13/h1-2H,(H2,11,12,13). The van der Waals surface area contributed by atoms with Crippen LogP contribution in [0.25, 0.3) is 0 Å². The topological polar surface area (TPSA) is 83.8 Å². The number of halogens is 3. The highest BCUT2D eigenvalue weighted by atomic mass is 127. The predicted octanol–water partition coefficient (Wildman–Crippen LogP) is 2.95. The highest BCUT2D eigenvalue weighted by molar-refractivity contribution is 14.1. The Morgan fingerprint density at radius 1 is 1.33 bits per heavy atom.